The van der Waals surface area contributed by atoms with Crippen LogP contribution in [0.4, 0.5) is 0 Å². The maximum Gasteiger partial charge on any atom is 0.162 e. The van der Waals surface area contributed by atoms with E-state index < -0.39 is 0 Å². The third-order valence-electron chi connectivity index (χ3n) is 5.32. The number of halogens is 1. The van der Waals surface area contributed by atoms with E-state index in [0.717, 1.165) is 22.4 Å². The van der Waals surface area contributed by atoms with Gasteiger partial charge >= 0.3 is 0 Å². The lowest BCUT2D eigenvalue weighted by molar-refractivity contribution is 0.313. The van der Waals surface area contributed by atoms with E-state index in [0.29, 0.717) is 23.8 Å². The van der Waals surface area contributed by atoms with Gasteiger partial charge in [-0.3, -0.25) is 10.3 Å². The fourth-order valence-electron chi connectivity index (χ4n) is 3.74. The van der Waals surface area contributed by atoms with E-state index in [1.54, 1.807) is 6.07 Å². The number of phenolic OH excluding ortho intramolecular Hbond substituents is 1. The highest BCUT2D eigenvalue weighted by Gasteiger charge is 2.28. The predicted molar refractivity (Wildman–Crippen MR) is 122 cm³/mol. The first-order valence-corrected chi connectivity index (χ1v) is 10.5. The molecule has 4 rings (SSSR count). The number of aryl methyl sites for hydroxylation is 1. The number of ether oxygens (including phenoxy) is 1. The molecule has 154 valence electrons. The van der Waals surface area contributed by atoms with Gasteiger partial charge in [-0.2, -0.15) is 0 Å². The minimum absolute atomic E-state index is 0.111. The second-order valence-electron chi connectivity index (χ2n) is 7.45. The summed E-state index contributed by atoms with van der Waals surface area (Å²) >= 11 is 6.08. The van der Waals surface area contributed by atoms with E-state index in [4.69, 9.17) is 21.3 Å². The normalized spacial score (nSPS) is 18.7. The minimum atomic E-state index is -0.217. The number of aliphatic imine (C=N–C) groups is 1. The zero-order valence-corrected chi connectivity index (χ0v) is 17.9. The van der Waals surface area contributed by atoms with Crippen LogP contribution in [0.5, 0.6) is 11.5 Å². The van der Waals surface area contributed by atoms with Crippen LogP contribution in [0.2, 0.25) is 5.02 Å². The van der Waals surface area contributed by atoms with E-state index in [1.165, 1.54) is 5.56 Å². The molecule has 4 nitrogen and oxygen atoms in total. The molecule has 3 aromatic rings. The maximum absolute atomic E-state index is 10.8. The Balaban J connectivity index is 1.74. The number of phenols is 1. The van der Waals surface area contributed by atoms with Gasteiger partial charge in [0.15, 0.2) is 11.5 Å². The average Bonchev–Trinajstić information content (AvgIpc) is 2.76. The molecule has 30 heavy (non-hydrogen) atoms. The van der Waals surface area contributed by atoms with Crippen LogP contribution in [-0.2, 0) is 0 Å². The fraction of sp³-hybridized carbons (Fsp3) is 0.240. The number of benzene rings is 3. The number of aromatic hydroxyl groups is 1. The molecule has 1 aliphatic heterocycles. The molecule has 2 N–H and O–H groups in total. The molecule has 0 saturated heterocycles. The van der Waals surface area contributed by atoms with Crippen molar-refractivity contribution in [1.29, 1.82) is 0 Å². The summed E-state index contributed by atoms with van der Waals surface area (Å²) in [6.07, 6.45) is 0.429. The van der Waals surface area contributed by atoms with E-state index in [1.807, 2.05) is 43.3 Å². The van der Waals surface area contributed by atoms with E-state index in [9.17, 15) is 5.11 Å². The number of nitrogens with one attached hydrogen (secondary N) is 1. The van der Waals surface area contributed by atoms with Crippen molar-refractivity contribution in [2.75, 3.05) is 6.61 Å². The third kappa shape index (κ3) is 4.35. The highest BCUT2D eigenvalue weighted by atomic mass is 35.5. The molecule has 1 aliphatic rings. The van der Waals surface area contributed by atoms with Crippen LogP contribution in [0.25, 0.3) is 0 Å². The molecule has 0 spiro atoms. The van der Waals surface area contributed by atoms with Gasteiger partial charge in [0.05, 0.1) is 6.61 Å². The van der Waals surface area contributed by atoms with Crippen molar-refractivity contribution in [3.63, 3.8) is 0 Å². The molecule has 0 radical (unpaired) electrons. The summed E-state index contributed by atoms with van der Waals surface area (Å²) in [6, 6.07) is 21.6. The van der Waals surface area contributed by atoms with Crippen molar-refractivity contribution in [3.8, 4) is 11.5 Å². The molecule has 0 amide bonds. The lowest BCUT2D eigenvalue weighted by Gasteiger charge is -2.31. The van der Waals surface area contributed by atoms with Crippen LogP contribution in [0.3, 0.4) is 0 Å². The summed E-state index contributed by atoms with van der Waals surface area (Å²) in [5.41, 5.74) is 5.09. The second-order valence-corrected chi connectivity index (χ2v) is 7.88. The maximum atomic E-state index is 10.8. The zero-order chi connectivity index (χ0) is 21.1. The molecule has 0 aromatic heterocycles. The average molecular weight is 421 g/mol. The standard InChI is InChI=1S/C25H25ClN2O2/c1-3-30-23-6-4-5-20(24(23)29)22-15-21(17-11-13-19(26)14-12-17)27-25(28-22)18-9-7-16(2)8-10-18/h4-14,22,25,28-29H,3,15H2,1-2H3/t22-,25+/m1/s1. The van der Waals surface area contributed by atoms with Crippen molar-refractivity contribution in [2.45, 2.75) is 32.5 Å². The first kappa shape index (κ1) is 20.5. The molecular formula is C25H25ClN2O2. The van der Waals surface area contributed by atoms with Crippen LogP contribution in [0, 0.1) is 6.92 Å². The van der Waals surface area contributed by atoms with Crippen molar-refractivity contribution in [2.24, 2.45) is 4.99 Å². The lowest BCUT2D eigenvalue weighted by Crippen LogP contribution is -2.33. The van der Waals surface area contributed by atoms with Gasteiger partial charge in [0.2, 0.25) is 0 Å². The minimum Gasteiger partial charge on any atom is -0.504 e. The number of para-hydroxylation sites is 1. The van der Waals surface area contributed by atoms with Crippen LogP contribution in [-0.4, -0.2) is 17.4 Å². The summed E-state index contributed by atoms with van der Waals surface area (Å²) < 4.78 is 5.59. The van der Waals surface area contributed by atoms with Crippen LogP contribution >= 0.6 is 11.6 Å². The quantitative estimate of drug-likeness (QED) is 0.534. The van der Waals surface area contributed by atoms with Gasteiger partial charge < -0.3 is 9.84 Å². The molecule has 0 unspecified atom stereocenters. The van der Waals surface area contributed by atoms with Gasteiger partial charge in [0.25, 0.3) is 0 Å². The summed E-state index contributed by atoms with van der Waals surface area (Å²) in [7, 11) is 0. The van der Waals surface area contributed by atoms with Crippen molar-refractivity contribution in [3.05, 3.63) is 94.0 Å². The van der Waals surface area contributed by atoms with Crippen LogP contribution < -0.4 is 10.1 Å². The van der Waals surface area contributed by atoms with Gasteiger partial charge in [0.1, 0.15) is 6.17 Å². The van der Waals surface area contributed by atoms with Crippen molar-refractivity contribution < 1.29 is 9.84 Å². The van der Waals surface area contributed by atoms with Crippen molar-refractivity contribution in [1.82, 2.24) is 5.32 Å². The number of nitrogens with zero attached hydrogens (tertiary/aromatic N) is 1. The van der Waals surface area contributed by atoms with E-state index in [2.05, 4.69) is 36.5 Å². The summed E-state index contributed by atoms with van der Waals surface area (Å²) in [5.74, 6) is 0.677. The molecule has 0 aliphatic carbocycles. The first-order chi connectivity index (χ1) is 14.5. The number of hydrogen-bond donors (Lipinski definition) is 2. The Bertz CT molecular complexity index is 1050. The molecule has 1 heterocycles. The summed E-state index contributed by atoms with van der Waals surface area (Å²) in [6.45, 7) is 4.48. The molecule has 0 saturated carbocycles. The topological polar surface area (TPSA) is 53.8 Å². The smallest absolute Gasteiger partial charge is 0.162 e. The Morgan fingerprint density at radius 2 is 1.80 bits per heavy atom. The second kappa shape index (κ2) is 8.90. The highest BCUT2D eigenvalue weighted by Crippen LogP contribution is 2.39. The van der Waals surface area contributed by atoms with Gasteiger partial charge in [-0.15, -0.1) is 0 Å². The molecule has 5 heteroatoms. The number of rotatable bonds is 5. The Morgan fingerprint density at radius 3 is 2.50 bits per heavy atom. The number of hydrogen-bond acceptors (Lipinski definition) is 4. The molecule has 3 aromatic carbocycles. The van der Waals surface area contributed by atoms with Gasteiger partial charge in [-0.05, 0) is 43.2 Å². The Hall–Kier alpha value is -2.82. The SMILES string of the molecule is CCOc1cccc([C@H]2CC(c3ccc(Cl)cc3)=N[C@H](c3ccc(C)cc3)N2)c1O. The Morgan fingerprint density at radius 1 is 1.07 bits per heavy atom. The van der Waals surface area contributed by atoms with Crippen LogP contribution in [0.1, 0.15) is 47.8 Å². The van der Waals surface area contributed by atoms with Gasteiger partial charge in [-0.25, -0.2) is 0 Å². The third-order valence-corrected chi connectivity index (χ3v) is 5.57. The highest BCUT2D eigenvalue weighted by molar-refractivity contribution is 6.30. The van der Waals surface area contributed by atoms with Crippen molar-refractivity contribution >= 4 is 17.3 Å². The Labute approximate surface area is 182 Å². The molecule has 0 bridgehead atoms. The lowest BCUT2D eigenvalue weighted by atomic mass is 9.93. The molecule has 0 fully saturated rings. The largest absolute Gasteiger partial charge is 0.504 e. The predicted octanol–water partition coefficient (Wildman–Crippen LogP) is 5.98. The first-order valence-electron chi connectivity index (χ1n) is 10.1. The molecule has 2 atom stereocenters. The van der Waals surface area contributed by atoms with Gasteiger partial charge in [-0.1, -0.05) is 65.7 Å². The van der Waals surface area contributed by atoms with E-state index >= 15 is 0 Å². The zero-order valence-electron chi connectivity index (χ0n) is 17.1. The van der Waals surface area contributed by atoms with Gasteiger partial charge in [0, 0.05) is 28.8 Å². The fourth-order valence-corrected chi connectivity index (χ4v) is 3.86. The summed E-state index contributed by atoms with van der Waals surface area (Å²) in [5, 5.41) is 15.1. The molecular weight excluding hydrogens is 396 g/mol. The monoisotopic (exact) mass is 420 g/mol. The van der Waals surface area contributed by atoms with E-state index in [-0.39, 0.29) is 18.0 Å². The Kier molecular flexibility index (Phi) is 6.07. The van der Waals surface area contributed by atoms with Crippen LogP contribution in [0.15, 0.2) is 71.7 Å². The summed E-state index contributed by atoms with van der Waals surface area (Å²) in [4.78, 5) is 5.00.